The van der Waals surface area contributed by atoms with Crippen molar-refractivity contribution in [3.63, 3.8) is 0 Å². The zero-order valence-electron chi connectivity index (χ0n) is 12.7. The minimum Gasteiger partial charge on any atom is -0.454 e. The van der Waals surface area contributed by atoms with Gasteiger partial charge in [-0.05, 0) is 35.9 Å². The first-order chi connectivity index (χ1) is 10.7. The standard InChI is InChI=1S/C19H18O2S/c1-3-16-17(13-7-5-4-6-8-13)18(19(20)21-16)14-9-11-15(22-2)12-10-14/h4-12,16H,3H2,1-2H3. The van der Waals surface area contributed by atoms with E-state index in [1.54, 1.807) is 11.8 Å². The van der Waals surface area contributed by atoms with Crippen LogP contribution in [0.2, 0.25) is 0 Å². The van der Waals surface area contributed by atoms with Gasteiger partial charge in [0.1, 0.15) is 6.10 Å². The normalized spacial score (nSPS) is 17.7. The lowest BCUT2D eigenvalue weighted by molar-refractivity contribution is -0.137. The van der Waals surface area contributed by atoms with Crippen LogP contribution in [0.5, 0.6) is 0 Å². The first-order valence-electron chi connectivity index (χ1n) is 7.39. The molecule has 3 heteroatoms. The highest BCUT2D eigenvalue weighted by atomic mass is 32.2. The highest BCUT2D eigenvalue weighted by Crippen LogP contribution is 2.38. The summed E-state index contributed by atoms with van der Waals surface area (Å²) in [5.74, 6) is -0.220. The van der Waals surface area contributed by atoms with Crippen molar-refractivity contribution in [2.45, 2.75) is 24.3 Å². The molecule has 1 heterocycles. The molecule has 1 aliphatic heterocycles. The fourth-order valence-electron chi connectivity index (χ4n) is 2.78. The summed E-state index contributed by atoms with van der Waals surface area (Å²) in [6, 6.07) is 18.1. The van der Waals surface area contributed by atoms with Gasteiger partial charge in [-0.2, -0.15) is 0 Å². The molecule has 1 atom stereocenters. The molecular weight excluding hydrogens is 292 g/mol. The molecule has 0 radical (unpaired) electrons. The van der Waals surface area contributed by atoms with E-state index < -0.39 is 0 Å². The minimum atomic E-state index is -0.220. The van der Waals surface area contributed by atoms with E-state index in [1.165, 1.54) is 4.90 Å². The van der Waals surface area contributed by atoms with E-state index in [2.05, 4.69) is 0 Å². The summed E-state index contributed by atoms with van der Waals surface area (Å²) in [7, 11) is 0. The maximum Gasteiger partial charge on any atom is 0.339 e. The molecule has 0 fully saturated rings. The Morgan fingerprint density at radius 1 is 1.00 bits per heavy atom. The molecule has 2 aromatic rings. The molecule has 0 saturated heterocycles. The van der Waals surface area contributed by atoms with E-state index in [-0.39, 0.29) is 12.1 Å². The smallest absolute Gasteiger partial charge is 0.339 e. The molecule has 2 aromatic carbocycles. The lowest BCUT2D eigenvalue weighted by Crippen LogP contribution is -2.09. The van der Waals surface area contributed by atoms with Gasteiger partial charge in [-0.1, -0.05) is 49.4 Å². The average Bonchev–Trinajstić information content (AvgIpc) is 2.92. The van der Waals surface area contributed by atoms with Crippen molar-refractivity contribution in [3.05, 3.63) is 65.7 Å². The number of ether oxygens (including phenoxy) is 1. The monoisotopic (exact) mass is 310 g/mol. The summed E-state index contributed by atoms with van der Waals surface area (Å²) < 4.78 is 5.58. The van der Waals surface area contributed by atoms with E-state index in [0.29, 0.717) is 5.57 Å². The van der Waals surface area contributed by atoms with E-state index in [9.17, 15) is 4.79 Å². The molecule has 1 unspecified atom stereocenters. The number of hydrogen-bond acceptors (Lipinski definition) is 3. The summed E-state index contributed by atoms with van der Waals surface area (Å²) in [6.07, 6.45) is 2.66. The highest BCUT2D eigenvalue weighted by Gasteiger charge is 2.34. The molecule has 0 spiro atoms. The first-order valence-corrected chi connectivity index (χ1v) is 8.62. The van der Waals surface area contributed by atoms with Crippen LogP contribution in [0.15, 0.2) is 59.5 Å². The van der Waals surface area contributed by atoms with Crippen molar-refractivity contribution in [1.82, 2.24) is 0 Å². The zero-order chi connectivity index (χ0) is 15.5. The summed E-state index contributed by atoms with van der Waals surface area (Å²) in [5.41, 5.74) is 3.69. The summed E-state index contributed by atoms with van der Waals surface area (Å²) in [6.45, 7) is 2.04. The fourth-order valence-corrected chi connectivity index (χ4v) is 3.19. The molecule has 0 saturated carbocycles. The van der Waals surface area contributed by atoms with E-state index in [1.807, 2.05) is 67.8 Å². The Morgan fingerprint density at radius 2 is 1.68 bits per heavy atom. The summed E-state index contributed by atoms with van der Waals surface area (Å²) in [5, 5.41) is 0. The molecule has 1 aliphatic rings. The van der Waals surface area contributed by atoms with Crippen LogP contribution in [0.3, 0.4) is 0 Å². The molecule has 0 N–H and O–H groups in total. The van der Waals surface area contributed by atoms with Gasteiger partial charge in [0.25, 0.3) is 0 Å². The van der Waals surface area contributed by atoms with Gasteiger partial charge in [0.05, 0.1) is 5.57 Å². The molecule has 2 nitrogen and oxygen atoms in total. The SMILES string of the molecule is CCC1OC(=O)C(c2ccc(SC)cc2)=C1c1ccccc1. The van der Waals surface area contributed by atoms with Crippen LogP contribution in [0.1, 0.15) is 24.5 Å². The Kier molecular flexibility index (Phi) is 4.34. The quantitative estimate of drug-likeness (QED) is 0.607. The van der Waals surface area contributed by atoms with Crippen molar-refractivity contribution in [2.24, 2.45) is 0 Å². The number of carbonyl (C=O) groups excluding carboxylic acids is 1. The average molecular weight is 310 g/mol. The van der Waals surface area contributed by atoms with Gasteiger partial charge in [-0.25, -0.2) is 4.79 Å². The zero-order valence-corrected chi connectivity index (χ0v) is 13.5. The first kappa shape index (κ1) is 14.9. The van der Waals surface area contributed by atoms with Gasteiger partial charge >= 0.3 is 5.97 Å². The maximum absolute atomic E-state index is 12.4. The van der Waals surface area contributed by atoms with Crippen LogP contribution < -0.4 is 0 Å². The Hall–Kier alpha value is -2.00. The molecule has 112 valence electrons. The van der Waals surface area contributed by atoms with Crippen LogP contribution in [0.4, 0.5) is 0 Å². The number of hydrogen-bond donors (Lipinski definition) is 0. The predicted octanol–water partition coefficient (Wildman–Crippen LogP) is 4.65. The van der Waals surface area contributed by atoms with Crippen molar-refractivity contribution < 1.29 is 9.53 Å². The van der Waals surface area contributed by atoms with Crippen LogP contribution >= 0.6 is 11.8 Å². The van der Waals surface area contributed by atoms with Crippen LogP contribution in [-0.2, 0) is 9.53 Å². The van der Waals surface area contributed by atoms with Gasteiger partial charge in [0.15, 0.2) is 0 Å². The molecule has 0 aromatic heterocycles. The number of benzene rings is 2. The second-order valence-electron chi connectivity index (χ2n) is 5.19. The van der Waals surface area contributed by atoms with Crippen molar-refractivity contribution in [1.29, 1.82) is 0 Å². The summed E-state index contributed by atoms with van der Waals surface area (Å²) in [4.78, 5) is 13.6. The lowest BCUT2D eigenvalue weighted by atomic mass is 9.92. The number of carbonyl (C=O) groups is 1. The third kappa shape index (κ3) is 2.69. The Bertz CT molecular complexity index is 702. The largest absolute Gasteiger partial charge is 0.454 e. The van der Waals surface area contributed by atoms with E-state index in [0.717, 1.165) is 23.1 Å². The van der Waals surface area contributed by atoms with Gasteiger partial charge in [0, 0.05) is 10.5 Å². The van der Waals surface area contributed by atoms with Gasteiger partial charge in [-0.15, -0.1) is 11.8 Å². The van der Waals surface area contributed by atoms with Gasteiger partial charge < -0.3 is 4.74 Å². The number of cyclic esters (lactones) is 1. The lowest BCUT2D eigenvalue weighted by Gasteiger charge is -2.12. The Balaban J connectivity index is 2.15. The molecule has 0 bridgehead atoms. The molecule has 0 aliphatic carbocycles. The predicted molar refractivity (Wildman–Crippen MR) is 91.7 cm³/mol. The Morgan fingerprint density at radius 3 is 2.27 bits per heavy atom. The molecule has 22 heavy (non-hydrogen) atoms. The van der Waals surface area contributed by atoms with Crippen LogP contribution in [0.25, 0.3) is 11.1 Å². The summed E-state index contributed by atoms with van der Waals surface area (Å²) >= 11 is 1.69. The minimum absolute atomic E-state index is 0.162. The van der Waals surface area contributed by atoms with Gasteiger partial charge in [0.2, 0.25) is 0 Å². The van der Waals surface area contributed by atoms with Crippen molar-refractivity contribution in [3.8, 4) is 0 Å². The highest BCUT2D eigenvalue weighted by molar-refractivity contribution is 7.98. The van der Waals surface area contributed by atoms with Crippen molar-refractivity contribution in [2.75, 3.05) is 6.26 Å². The molecule has 3 rings (SSSR count). The van der Waals surface area contributed by atoms with Gasteiger partial charge in [-0.3, -0.25) is 0 Å². The number of thioether (sulfide) groups is 1. The molecule has 0 amide bonds. The van der Waals surface area contributed by atoms with Crippen LogP contribution in [0, 0.1) is 0 Å². The number of rotatable bonds is 4. The third-order valence-corrected chi connectivity index (χ3v) is 4.62. The van der Waals surface area contributed by atoms with E-state index in [4.69, 9.17) is 4.74 Å². The topological polar surface area (TPSA) is 26.3 Å². The second-order valence-corrected chi connectivity index (χ2v) is 6.07. The van der Waals surface area contributed by atoms with E-state index >= 15 is 0 Å². The fraction of sp³-hybridized carbons (Fsp3) is 0.211. The Labute approximate surface area is 135 Å². The van der Waals surface area contributed by atoms with Crippen LogP contribution in [-0.4, -0.2) is 18.3 Å². The molecular formula is C19H18O2S. The maximum atomic E-state index is 12.4. The number of esters is 1. The second kappa shape index (κ2) is 6.41. The third-order valence-electron chi connectivity index (χ3n) is 3.88. The van der Waals surface area contributed by atoms with Crippen molar-refractivity contribution >= 4 is 28.9 Å².